The number of benzene rings is 2. The molecule has 1 saturated carbocycles. The van der Waals surface area contributed by atoms with E-state index < -0.39 is 0 Å². The summed E-state index contributed by atoms with van der Waals surface area (Å²) in [5.41, 5.74) is 1.76. The fourth-order valence-corrected chi connectivity index (χ4v) is 2.69. The second kappa shape index (κ2) is 6.87. The van der Waals surface area contributed by atoms with Crippen LogP contribution in [-0.4, -0.2) is 23.4 Å². The minimum Gasteiger partial charge on any atom is -0.508 e. The highest BCUT2D eigenvalue weighted by Crippen LogP contribution is 2.27. The van der Waals surface area contributed by atoms with Crippen LogP contribution in [0.4, 0.5) is 5.69 Å². The van der Waals surface area contributed by atoms with Gasteiger partial charge in [-0.3, -0.25) is 0 Å². The lowest BCUT2D eigenvalue weighted by atomic mass is 10.1. The summed E-state index contributed by atoms with van der Waals surface area (Å²) in [5, 5.41) is 14.1. The lowest BCUT2D eigenvalue weighted by molar-refractivity contribution is 0.415. The molecule has 0 aromatic heterocycles. The van der Waals surface area contributed by atoms with E-state index in [9.17, 15) is 5.11 Å². The molecule has 4 nitrogen and oxygen atoms in total. The summed E-state index contributed by atoms with van der Waals surface area (Å²) in [7, 11) is 1.65. The first-order chi connectivity index (χ1) is 11.2. The van der Waals surface area contributed by atoms with Crippen LogP contribution in [0.2, 0.25) is 0 Å². The van der Waals surface area contributed by atoms with Crippen LogP contribution < -0.4 is 15.0 Å². The molecule has 0 unspecified atom stereocenters. The molecular formula is C18H20N2O2S. The van der Waals surface area contributed by atoms with Crippen molar-refractivity contribution in [2.75, 3.05) is 12.0 Å². The lowest BCUT2D eigenvalue weighted by Gasteiger charge is -2.27. The Balaban J connectivity index is 1.88. The summed E-state index contributed by atoms with van der Waals surface area (Å²) in [6, 6.07) is 15.6. The van der Waals surface area contributed by atoms with E-state index >= 15 is 0 Å². The van der Waals surface area contributed by atoms with Gasteiger partial charge in [0.25, 0.3) is 0 Å². The van der Waals surface area contributed by atoms with Gasteiger partial charge in [-0.1, -0.05) is 24.3 Å². The van der Waals surface area contributed by atoms with Crippen LogP contribution in [0.15, 0.2) is 48.5 Å². The number of methoxy groups -OCH3 is 1. The Bertz CT molecular complexity index is 701. The SMILES string of the molecule is COc1cccc(N(Cc2ccccc2O)C(=S)NC2CC2)c1. The van der Waals surface area contributed by atoms with Gasteiger partial charge >= 0.3 is 0 Å². The third-order valence-corrected chi connectivity index (χ3v) is 4.17. The molecule has 0 saturated heterocycles. The lowest BCUT2D eigenvalue weighted by Crippen LogP contribution is -2.40. The second-order valence-electron chi connectivity index (χ2n) is 5.64. The van der Waals surface area contributed by atoms with Crippen molar-refractivity contribution < 1.29 is 9.84 Å². The van der Waals surface area contributed by atoms with Crippen molar-refractivity contribution in [2.24, 2.45) is 0 Å². The van der Waals surface area contributed by atoms with E-state index in [-0.39, 0.29) is 5.75 Å². The van der Waals surface area contributed by atoms with Crippen LogP contribution in [0.25, 0.3) is 0 Å². The third-order valence-electron chi connectivity index (χ3n) is 3.84. The van der Waals surface area contributed by atoms with E-state index in [1.807, 2.05) is 47.4 Å². The summed E-state index contributed by atoms with van der Waals surface area (Å²) < 4.78 is 5.31. The summed E-state index contributed by atoms with van der Waals surface area (Å²) in [6.07, 6.45) is 2.31. The molecule has 0 atom stereocenters. The van der Waals surface area contributed by atoms with E-state index in [0.29, 0.717) is 17.7 Å². The van der Waals surface area contributed by atoms with Crippen molar-refractivity contribution in [3.05, 3.63) is 54.1 Å². The van der Waals surface area contributed by atoms with Gasteiger partial charge in [0, 0.05) is 23.4 Å². The minimum absolute atomic E-state index is 0.273. The molecule has 0 radical (unpaired) electrons. The fourth-order valence-electron chi connectivity index (χ4n) is 2.35. The van der Waals surface area contributed by atoms with Crippen molar-refractivity contribution in [2.45, 2.75) is 25.4 Å². The van der Waals surface area contributed by atoms with Gasteiger partial charge in [-0.15, -0.1) is 0 Å². The Hall–Kier alpha value is -2.27. The van der Waals surface area contributed by atoms with E-state index in [0.717, 1.165) is 29.8 Å². The predicted octanol–water partition coefficient (Wildman–Crippen LogP) is 3.44. The number of phenols is 1. The van der Waals surface area contributed by atoms with E-state index in [1.165, 1.54) is 0 Å². The fraction of sp³-hybridized carbons (Fsp3) is 0.278. The maximum atomic E-state index is 10.1. The summed E-state index contributed by atoms with van der Waals surface area (Å²) >= 11 is 5.59. The van der Waals surface area contributed by atoms with Gasteiger partial charge in [-0.25, -0.2) is 0 Å². The Kier molecular flexibility index (Phi) is 4.67. The topological polar surface area (TPSA) is 44.7 Å². The van der Waals surface area contributed by atoms with Crippen LogP contribution in [0.1, 0.15) is 18.4 Å². The average Bonchev–Trinajstić information content (AvgIpc) is 3.38. The standard InChI is InChI=1S/C18H20N2O2S/c1-22-16-7-4-6-15(11-16)20(18(23)19-14-9-10-14)12-13-5-2-3-8-17(13)21/h2-8,11,14,21H,9-10,12H2,1H3,(H,19,23). The molecule has 5 heteroatoms. The van der Waals surface area contributed by atoms with Gasteiger partial charge in [0.05, 0.1) is 13.7 Å². The molecule has 2 N–H and O–H groups in total. The molecule has 0 amide bonds. The van der Waals surface area contributed by atoms with Gasteiger partial charge < -0.3 is 20.1 Å². The number of phenolic OH excluding ortho intramolecular Hbond substituents is 1. The van der Waals surface area contributed by atoms with Crippen molar-refractivity contribution >= 4 is 23.0 Å². The first kappa shape index (κ1) is 15.6. The zero-order chi connectivity index (χ0) is 16.2. The van der Waals surface area contributed by atoms with Gasteiger partial charge in [-0.2, -0.15) is 0 Å². The number of nitrogens with zero attached hydrogens (tertiary/aromatic N) is 1. The first-order valence-corrected chi connectivity index (χ1v) is 8.07. The molecule has 2 aromatic rings. The molecule has 0 spiro atoms. The number of ether oxygens (including phenoxy) is 1. The Labute approximate surface area is 141 Å². The van der Waals surface area contributed by atoms with Gasteiger partial charge in [-0.05, 0) is 43.3 Å². The Morgan fingerprint density at radius 1 is 1.26 bits per heavy atom. The smallest absolute Gasteiger partial charge is 0.173 e. The van der Waals surface area contributed by atoms with E-state index in [1.54, 1.807) is 13.2 Å². The number of hydrogen-bond acceptors (Lipinski definition) is 3. The normalized spacial score (nSPS) is 13.4. The predicted molar refractivity (Wildman–Crippen MR) is 96.0 cm³/mol. The minimum atomic E-state index is 0.273. The van der Waals surface area contributed by atoms with Crippen molar-refractivity contribution in [1.82, 2.24) is 5.32 Å². The molecule has 1 aliphatic carbocycles. The quantitative estimate of drug-likeness (QED) is 0.823. The maximum absolute atomic E-state index is 10.1. The van der Waals surface area contributed by atoms with Crippen molar-refractivity contribution in [1.29, 1.82) is 0 Å². The Morgan fingerprint density at radius 3 is 2.74 bits per heavy atom. The molecule has 3 rings (SSSR count). The molecule has 1 fully saturated rings. The third kappa shape index (κ3) is 3.93. The molecule has 23 heavy (non-hydrogen) atoms. The Morgan fingerprint density at radius 2 is 2.04 bits per heavy atom. The number of nitrogens with one attached hydrogen (secondary N) is 1. The van der Waals surface area contributed by atoms with Crippen LogP contribution in [0.5, 0.6) is 11.5 Å². The van der Waals surface area contributed by atoms with Gasteiger partial charge in [0.1, 0.15) is 11.5 Å². The molecule has 2 aromatic carbocycles. The van der Waals surface area contributed by atoms with Crippen molar-refractivity contribution in [3.63, 3.8) is 0 Å². The number of hydrogen-bond donors (Lipinski definition) is 2. The highest BCUT2D eigenvalue weighted by Gasteiger charge is 2.25. The van der Waals surface area contributed by atoms with Crippen LogP contribution in [0, 0.1) is 0 Å². The first-order valence-electron chi connectivity index (χ1n) is 7.66. The zero-order valence-electron chi connectivity index (χ0n) is 13.0. The number of aromatic hydroxyl groups is 1. The molecule has 0 bridgehead atoms. The van der Waals surface area contributed by atoms with Crippen LogP contribution in [0.3, 0.4) is 0 Å². The van der Waals surface area contributed by atoms with E-state index in [2.05, 4.69) is 5.32 Å². The highest BCUT2D eigenvalue weighted by molar-refractivity contribution is 7.80. The largest absolute Gasteiger partial charge is 0.508 e. The highest BCUT2D eigenvalue weighted by atomic mass is 32.1. The summed E-state index contributed by atoms with van der Waals surface area (Å²) in [6.45, 7) is 0.498. The summed E-state index contributed by atoms with van der Waals surface area (Å²) in [4.78, 5) is 1.99. The van der Waals surface area contributed by atoms with Crippen molar-refractivity contribution in [3.8, 4) is 11.5 Å². The number of rotatable bonds is 5. The number of thiocarbonyl (C=S) groups is 1. The van der Waals surface area contributed by atoms with Crippen LogP contribution in [-0.2, 0) is 6.54 Å². The number of para-hydroxylation sites is 1. The molecule has 1 aliphatic rings. The van der Waals surface area contributed by atoms with Gasteiger partial charge in [0.15, 0.2) is 5.11 Å². The monoisotopic (exact) mass is 328 g/mol. The maximum Gasteiger partial charge on any atom is 0.173 e. The van der Waals surface area contributed by atoms with Crippen LogP contribution >= 0.6 is 12.2 Å². The molecule has 0 aliphatic heterocycles. The molecule has 120 valence electrons. The van der Waals surface area contributed by atoms with E-state index in [4.69, 9.17) is 17.0 Å². The second-order valence-corrected chi connectivity index (χ2v) is 6.03. The molecule has 0 heterocycles. The molecular weight excluding hydrogens is 308 g/mol. The average molecular weight is 328 g/mol. The zero-order valence-corrected chi connectivity index (χ0v) is 13.8. The van der Waals surface area contributed by atoms with Gasteiger partial charge in [0.2, 0.25) is 0 Å². The number of anilines is 1. The summed E-state index contributed by atoms with van der Waals surface area (Å²) in [5.74, 6) is 1.05.